The highest BCUT2D eigenvalue weighted by molar-refractivity contribution is 6.31. The zero-order valence-corrected chi connectivity index (χ0v) is 13.0. The molecule has 0 fully saturated rings. The Hall–Kier alpha value is -0.540. The first-order valence-electron chi connectivity index (χ1n) is 6.90. The highest BCUT2D eigenvalue weighted by Crippen LogP contribution is 2.22. The van der Waals surface area contributed by atoms with Crippen molar-refractivity contribution in [1.82, 2.24) is 15.1 Å². The molecule has 0 aliphatic rings. The fraction of sp³-hybridized carbons (Fsp3) is 0.786. The summed E-state index contributed by atoms with van der Waals surface area (Å²) in [6, 6.07) is 0.555. The van der Waals surface area contributed by atoms with E-state index in [0.29, 0.717) is 12.0 Å². The molecule has 0 bridgehead atoms. The normalized spacial score (nSPS) is 13.3. The minimum Gasteiger partial charge on any atom is -0.314 e. The maximum absolute atomic E-state index is 6.30. The Morgan fingerprint density at radius 1 is 1.33 bits per heavy atom. The molecule has 0 saturated carbocycles. The van der Waals surface area contributed by atoms with Gasteiger partial charge >= 0.3 is 0 Å². The van der Waals surface area contributed by atoms with Crippen molar-refractivity contribution in [2.75, 3.05) is 6.54 Å². The molecule has 0 aliphatic carbocycles. The third-order valence-electron chi connectivity index (χ3n) is 3.20. The molecular weight excluding hydrogens is 246 g/mol. The first-order valence-corrected chi connectivity index (χ1v) is 7.28. The summed E-state index contributed by atoms with van der Waals surface area (Å²) in [5.41, 5.74) is 2.13. The molecule has 1 aromatic heterocycles. The van der Waals surface area contributed by atoms with Gasteiger partial charge in [0.05, 0.1) is 16.4 Å². The van der Waals surface area contributed by atoms with Gasteiger partial charge in [-0.25, -0.2) is 0 Å². The molecule has 18 heavy (non-hydrogen) atoms. The van der Waals surface area contributed by atoms with Gasteiger partial charge in [0.25, 0.3) is 0 Å². The van der Waals surface area contributed by atoms with E-state index in [2.05, 4.69) is 38.1 Å². The van der Waals surface area contributed by atoms with E-state index in [0.717, 1.165) is 36.6 Å². The van der Waals surface area contributed by atoms with Crippen molar-refractivity contribution in [3.8, 4) is 0 Å². The molecule has 3 nitrogen and oxygen atoms in total. The number of aromatic nitrogens is 2. The lowest BCUT2D eigenvalue weighted by Crippen LogP contribution is -2.28. The number of aryl methyl sites for hydroxylation is 2. The summed E-state index contributed by atoms with van der Waals surface area (Å²) < 4.78 is 2.03. The summed E-state index contributed by atoms with van der Waals surface area (Å²) in [6.07, 6.45) is 2.15. The summed E-state index contributed by atoms with van der Waals surface area (Å²) in [5.74, 6) is 0.656. The van der Waals surface area contributed by atoms with Gasteiger partial charge in [-0.2, -0.15) is 5.10 Å². The highest BCUT2D eigenvalue weighted by Gasteiger charge is 2.13. The number of hydrogen-bond acceptors (Lipinski definition) is 2. The van der Waals surface area contributed by atoms with Crippen LogP contribution in [0.25, 0.3) is 0 Å². The van der Waals surface area contributed by atoms with Gasteiger partial charge in [-0.3, -0.25) is 4.68 Å². The first-order chi connectivity index (χ1) is 8.45. The Bertz CT molecular complexity index is 371. The van der Waals surface area contributed by atoms with Gasteiger partial charge < -0.3 is 5.32 Å². The van der Waals surface area contributed by atoms with Crippen molar-refractivity contribution in [3.05, 3.63) is 16.4 Å². The van der Waals surface area contributed by atoms with E-state index in [1.165, 1.54) is 5.69 Å². The Morgan fingerprint density at radius 3 is 2.56 bits per heavy atom. The van der Waals surface area contributed by atoms with E-state index in [-0.39, 0.29) is 0 Å². The topological polar surface area (TPSA) is 29.9 Å². The minimum atomic E-state index is 0.555. The number of nitrogens with one attached hydrogen (secondary N) is 1. The standard InChI is InChI=1S/C14H26ClN3/c1-6-18-13(14(15)12(5)17-18)8-7-11(4)9-16-10(2)3/h10-11,16H,6-9H2,1-5H3. The van der Waals surface area contributed by atoms with Crippen LogP contribution < -0.4 is 5.32 Å². The third kappa shape index (κ3) is 4.29. The summed E-state index contributed by atoms with van der Waals surface area (Å²) in [5, 5.41) is 8.77. The minimum absolute atomic E-state index is 0.555. The van der Waals surface area contributed by atoms with Gasteiger partial charge in [0.1, 0.15) is 0 Å². The SMILES string of the molecule is CCn1nc(C)c(Cl)c1CCC(C)CNC(C)C. The van der Waals surface area contributed by atoms with Gasteiger partial charge in [-0.15, -0.1) is 0 Å². The highest BCUT2D eigenvalue weighted by atomic mass is 35.5. The van der Waals surface area contributed by atoms with Gasteiger partial charge in [-0.05, 0) is 39.2 Å². The van der Waals surface area contributed by atoms with Crippen LogP contribution >= 0.6 is 11.6 Å². The average molecular weight is 272 g/mol. The lowest BCUT2D eigenvalue weighted by molar-refractivity contribution is 0.447. The molecule has 0 spiro atoms. The van der Waals surface area contributed by atoms with Crippen LogP contribution in [0.1, 0.15) is 45.5 Å². The molecule has 104 valence electrons. The van der Waals surface area contributed by atoms with Crippen LogP contribution in [0.4, 0.5) is 0 Å². The lowest BCUT2D eigenvalue weighted by Gasteiger charge is -2.15. The molecule has 0 amide bonds. The van der Waals surface area contributed by atoms with Gasteiger partial charge in [0.2, 0.25) is 0 Å². The molecule has 0 radical (unpaired) electrons. The van der Waals surface area contributed by atoms with Gasteiger partial charge in [-0.1, -0.05) is 32.4 Å². The summed E-state index contributed by atoms with van der Waals surface area (Å²) in [6.45, 7) is 12.7. The predicted octanol–water partition coefficient (Wildman–Crippen LogP) is 3.43. The Labute approximate surface area is 116 Å². The molecule has 1 rings (SSSR count). The van der Waals surface area contributed by atoms with Crippen LogP contribution in [-0.4, -0.2) is 22.4 Å². The summed E-state index contributed by atoms with van der Waals surface area (Å²) in [4.78, 5) is 0. The second kappa shape index (κ2) is 7.15. The van der Waals surface area contributed by atoms with Crippen LogP contribution in [0.5, 0.6) is 0 Å². The zero-order valence-electron chi connectivity index (χ0n) is 12.3. The number of rotatable bonds is 7. The summed E-state index contributed by atoms with van der Waals surface area (Å²) >= 11 is 6.30. The molecule has 1 unspecified atom stereocenters. The quantitative estimate of drug-likeness (QED) is 0.823. The van der Waals surface area contributed by atoms with Crippen LogP contribution in [0.2, 0.25) is 5.02 Å². The number of nitrogens with zero attached hydrogens (tertiary/aromatic N) is 2. The van der Waals surface area contributed by atoms with Crippen molar-refractivity contribution in [3.63, 3.8) is 0 Å². The van der Waals surface area contributed by atoms with Crippen LogP contribution in [0.15, 0.2) is 0 Å². The molecule has 1 aromatic rings. The van der Waals surface area contributed by atoms with Gasteiger partial charge in [0.15, 0.2) is 0 Å². The fourth-order valence-corrected chi connectivity index (χ4v) is 2.26. The van der Waals surface area contributed by atoms with Gasteiger partial charge in [0, 0.05) is 12.6 Å². The second-order valence-electron chi connectivity index (χ2n) is 5.37. The van der Waals surface area contributed by atoms with Crippen molar-refractivity contribution in [1.29, 1.82) is 0 Å². The monoisotopic (exact) mass is 271 g/mol. The second-order valence-corrected chi connectivity index (χ2v) is 5.75. The van der Waals surface area contributed by atoms with Crippen LogP contribution in [0.3, 0.4) is 0 Å². The fourth-order valence-electron chi connectivity index (χ4n) is 2.03. The molecule has 1 atom stereocenters. The van der Waals surface area contributed by atoms with E-state index in [1.807, 2.05) is 11.6 Å². The lowest BCUT2D eigenvalue weighted by atomic mass is 10.0. The number of hydrogen-bond donors (Lipinski definition) is 1. The number of halogens is 1. The molecule has 4 heteroatoms. The molecule has 1 N–H and O–H groups in total. The van der Waals surface area contributed by atoms with Crippen molar-refractivity contribution < 1.29 is 0 Å². The third-order valence-corrected chi connectivity index (χ3v) is 3.69. The molecule has 0 aliphatic heterocycles. The average Bonchev–Trinajstić information content (AvgIpc) is 2.60. The van der Waals surface area contributed by atoms with Crippen LogP contribution in [0, 0.1) is 12.8 Å². The Balaban J connectivity index is 2.52. The summed E-state index contributed by atoms with van der Waals surface area (Å²) in [7, 11) is 0. The van der Waals surface area contributed by atoms with E-state index in [9.17, 15) is 0 Å². The molecular formula is C14H26ClN3. The smallest absolute Gasteiger partial charge is 0.0847 e. The molecule has 0 aromatic carbocycles. The van der Waals surface area contributed by atoms with E-state index < -0.39 is 0 Å². The van der Waals surface area contributed by atoms with Crippen molar-refractivity contribution in [2.45, 2.75) is 60.0 Å². The first kappa shape index (κ1) is 15.5. The van der Waals surface area contributed by atoms with E-state index in [1.54, 1.807) is 0 Å². The van der Waals surface area contributed by atoms with Crippen LogP contribution in [-0.2, 0) is 13.0 Å². The predicted molar refractivity (Wildman–Crippen MR) is 78.3 cm³/mol. The Morgan fingerprint density at radius 2 is 2.00 bits per heavy atom. The molecule has 1 heterocycles. The largest absolute Gasteiger partial charge is 0.314 e. The van der Waals surface area contributed by atoms with E-state index >= 15 is 0 Å². The van der Waals surface area contributed by atoms with E-state index in [4.69, 9.17) is 11.6 Å². The Kier molecular flexibility index (Phi) is 6.16. The van der Waals surface area contributed by atoms with Crippen molar-refractivity contribution >= 4 is 11.6 Å². The maximum atomic E-state index is 6.30. The zero-order chi connectivity index (χ0) is 13.7. The maximum Gasteiger partial charge on any atom is 0.0847 e. The van der Waals surface area contributed by atoms with Crippen molar-refractivity contribution in [2.24, 2.45) is 5.92 Å². The molecule has 0 saturated heterocycles.